The standard InChI is InChI=1S/C14H15BrN2O2S/c1-3-17(12-6-8-16-9-7-12)20(18,19)13-4-5-14(15)11(2)10-13/h4-10H,3H2,1-2H3. The molecule has 0 unspecified atom stereocenters. The molecule has 0 radical (unpaired) electrons. The highest BCUT2D eigenvalue weighted by molar-refractivity contribution is 9.10. The van der Waals surface area contributed by atoms with Gasteiger partial charge in [0.25, 0.3) is 10.0 Å². The van der Waals surface area contributed by atoms with Crippen molar-refractivity contribution in [1.29, 1.82) is 0 Å². The number of hydrogen-bond acceptors (Lipinski definition) is 3. The number of nitrogens with zero attached hydrogens (tertiary/aromatic N) is 2. The van der Waals surface area contributed by atoms with Crippen LogP contribution in [0.2, 0.25) is 0 Å². The lowest BCUT2D eigenvalue weighted by Crippen LogP contribution is -2.30. The molecule has 0 aliphatic rings. The molecule has 0 saturated heterocycles. The molecule has 106 valence electrons. The van der Waals surface area contributed by atoms with Gasteiger partial charge in [0, 0.05) is 23.4 Å². The number of anilines is 1. The molecule has 0 saturated carbocycles. The minimum absolute atomic E-state index is 0.289. The lowest BCUT2D eigenvalue weighted by Gasteiger charge is -2.23. The number of hydrogen-bond donors (Lipinski definition) is 0. The molecule has 20 heavy (non-hydrogen) atoms. The molecule has 6 heteroatoms. The second kappa shape index (κ2) is 5.93. The fraction of sp³-hybridized carbons (Fsp3) is 0.214. The molecule has 1 aromatic heterocycles. The van der Waals surface area contributed by atoms with E-state index >= 15 is 0 Å². The predicted molar refractivity (Wildman–Crippen MR) is 83.3 cm³/mol. The smallest absolute Gasteiger partial charge is 0.264 e. The summed E-state index contributed by atoms with van der Waals surface area (Å²) < 4.78 is 27.7. The fourth-order valence-corrected chi connectivity index (χ4v) is 3.71. The molecule has 0 spiro atoms. The van der Waals surface area contributed by atoms with E-state index in [0.29, 0.717) is 12.2 Å². The van der Waals surface area contributed by atoms with E-state index in [1.165, 1.54) is 4.31 Å². The second-order valence-electron chi connectivity index (χ2n) is 4.29. The van der Waals surface area contributed by atoms with Crippen molar-refractivity contribution in [2.45, 2.75) is 18.7 Å². The molecular formula is C14H15BrN2O2S. The zero-order valence-electron chi connectivity index (χ0n) is 11.2. The Morgan fingerprint density at radius 1 is 1.20 bits per heavy atom. The summed E-state index contributed by atoms with van der Waals surface area (Å²) >= 11 is 3.38. The Kier molecular flexibility index (Phi) is 4.45. The van der Waals surface area contributed by atoms with Crippen LogP contribution < -0.4 is 4.31 Å². The summed E-state index contributed by atoms with van der Waals surface area (Å²) in [5.74, 6) is 0. The number of rotatable bonds is 4. The summed E-state index contributed by atoms with van der Waals surface area (Å²) in [5, 5.41) is 0. The molecule has 0 bridgehead atoms. The molecule has 0 N–H and O–H groups in total. The van der Waals surface area contributed by atoms with E-state index in [9.17, 15) is 8.42 Å². The molecule has 2 aromatic rings. The van der Waals surface area contributed by atoms with Crippen LogP contribution in [0.15, 0.2) is 52.1 Å². The normalized spacial score (nSPS) is 11.3. The van der Waals surface area contributed by atoms with E-state index in [1.807, 2.05) is 13.8 Å². The van der Waals surface area contributed by atoms with Crippen LogP contribution in [0.5, 0.6) is 0 Å². The van der Waals surface area contributed by atoms with E-state index in [0.717, 1.165) is 10.0 Å². The number of aryl methyl sites for hydroxylation is 1. The van der Waals surface area contributed by atoms with Crippen LogP contribution in [0.4, 0.5) is 5.69 Å². The van der Waals surface area contributed by atoms with Crippen molar-refractivity contribution in [3.05, 3.63) is 52.8 Å². The molecule has 0 atom stereocenters. The first kappa shape index (κ1) is 15.0. The molecule has 1 heterocycles. The quantitative estimate of drug-likeness (QED) is 0.845. The Hall–Kier alpha value is -1.40. The summed E-state index contributed by atoms with van der Waals surface area (Å²) in [6.45, 7) is 4.04. The zero-order chi connectivity index (χ0) is 14.8. The topological polar surface area (TPSA) is 50.3 Å². The number of aromatic nitrogens is 1. The predicted octanol–water partition coefficient (Wildman–Crippen LogP) is 3.37. The highest BCUT2D eigenvalue weighted by Crippen LogP contribution is 2.25. The van der Waals surface area contributed by atoms with Gasteiger partial charge in [-0.2, -0.15) is 0 Å². The van der Waals surface area contributed by atoms with Crippen LogP contribution in [-0.4, -0.2) is 19.9 Å². The summed E-state index contributed by atoms with van der Waals surface area (Å²) in [6.07, 6.45) is 3.17. The van der Waals surface area contributed by atoms with E-state index in [-0.39, 0.29) is 4.90 Å². The van der Waals surface area contributed by atoms with Crippen molar-refractivity contribution < 1.29 is 8.42 Å². The highest BCUT2D eigenvalue weighted by atomic mass is 79.9. The fourth-order valence-electron chi connectivity index (χ4n) is 1.91. The first-order valence-electron chi connectivity index (χ1n) is 6.15. The first-order valence-corrected chi connectivity index (χ1v) is 8.39. The second-order valence-corrected chi connectivity index (χ2v) is 7.00. The van der Waals surface area contributed by atoms with Crippen molar-refractivity contribution in [3.8, 4) is 0 Å². The summed E-state index contributed by atoms with van der Waals surface area (Å²) in [5.41, 5.74) is 1.50. The third-order valence-electron chi connectivity index (χ3n) is 2.96. The van der Waals surface area contributed by atoms with Gasteiger partial charge in [0.1, 0.15) is 0 Å². The van der Waals surface area contributed by atoms with Crippen molar-refractivity contribution in [3.63, 3.8) is 0 Å². The van der Waals surface area contributed by atoms with Gasteiger partial charge in [0.2, 0.25) is 0 Å². The minimum atomic E-state index is -3.56. The van der Waals surface area contributed by atoms with Gasteiger partial charge >= 0.3 is 0 Å². The van der Waals surface area contributed by atoms with Gasteiger partial charge in [-0.15, -0.1) is 0 Å². The van der Waals surface area contributed by atoms with Gasteiger partial charge in [-0.3, -0.25) is 9.29 Å². The first-order chi connectivity index (χ1) is 9.46. The van der Waals surface area contributed by atoms with E-state index in [4.69, 9.17) is 0 Å². The van der Waals surface area contributed by atoms with Crippen molar-refractivity contribution in [1.82, 2.24) is 4.98 Å². The maximum Gasteiger partial charge on any atom is 0.264 e. The van der Waals surface area contributed by atoms with Gasteiger partial charge in [-0.1, -0.05) is 15.9 Å². The van der Waals surface area contributed by atoms with Gasteiger partial charge in [0.05, 0.1) is 10.6 Å². The van der Waals surface area contributed by atoms with Crippen LogP contribution in [0.1, 0.15) is 12.5 Å². The molecule has 1 aromatic carbocycles. The molecule has 0 aliphatic heterocycles. The summed E-state index contributed by atoms with van der Waals surface area (Å²) in [4.78, 5) is 4.20. The minimum Gasteiger partial charge on any atom is -0.267 e. The number of sulfonamides is 1. The maximum absolute atomic E-state index is 12.7. The van der Waals surface area contributed by atoms with Crippen LogP contribution in [0.3, 0.4) is 0 Å². The SMILES string of the molecule is CCN(c1ccncc1)S(=O)(=O)c1ccc(Br)c(C)c1. The third-order valence-corrected chi connectivity index (χ3v) is 5.74. The van der Waals surface area contributed by atoms with Crippen LogP contribution >= 0.6 is 15.9 Å². The molecule has 2 rings (SSSR count). The highest BCUT2D eigenvalue weighted by Gasteiger charge is 2.23. The Morgan fingerprint density at radius 2 is 1.85 bits per heavy atom. The third kappa shape index (κ3) is 2.86. The molecule has 0 aliphatic carbocycles. The maximum atomic E-state index is 12.7. The number of pyridine rings is 1. The number of benzene rings is 1. The van der Waals surface area contributed by atoms with E-state index < -0.39 is 10.0 Å². The van der Waals surface area contributed by atoms with Gasteiger partial charge in [0.15, 0.2) is 0 Å². The van der Waals surface area contributed by atoms with Crippen LogP contribution in [0.25, 0.3) is 0 Å². The van der Waals surface area contributed by atoms with Gasteiger partial charge < -0.3 is 0 Å². The average Bonchev–Trinajstić information content (AvgIpc) is 2.43. The van der Waals surface area contributed by atoms with E-state index in [2.05, 4.69) is 20.9 Å². The summed E-state index contributed by atoms with van der Waals surface area (Å²) in [6, 6.07) is 8.40. The molecular weight excluding hydrogens is 340 g/mol. The molecule has 0 fully saturated rings. The van der Waals surface area contributed by atoms with Gasteiger partial charge in [-0.25, -0.2) is 8.42 Å². The van der Waals surface area contributed by atoms with E-state index in [1.54, 1.807) is 42.7 Å². The Labute approximate surface area is 127 Å². The van der Waals surface area contributed by atoms with Crippen LogP contribution in [-0.2, 0) is 10.0 Å². The lowest BCUT2D eigenvalue weighted by atomic mass is 10.2. The lowest BCUT2D eigenvalue weighted by molar-refractivity contribution is 0.591. The Bertz CT molecular complexity index is 702. The monoisotopic (exact) mass is 354 g/mol. The van der Waals surface area contributed by atoms with Crippen LogP contribution in [0, 0.1) is 6.92 Å². The number of halogens is 1. The Morgan fingerprint density at radius 3 is 2.40 bits per heavy atom. The van der Waals surface area contributed by atoms with Crippen molar-refractivity contribution in [2.75, 3.05) is 10.8 Å². The average molecular weight is 355 g/mol. The summed E-state index contributed by atoms with van der Waals surface area (Å²) in [7, 11) is -3.56. The molecule has 4 nitrogen and oxygen atoms in total. The van der Waals surface area contributed by atoms with Gasteiger partial charge in [-0.05, 0) is 49.7 Å². The van der Waals surface area contributed by atoms with Crippen molar-refractivity contribution in [2.24, 2.45) is 0 Å². The molecule has 0 amide bonds. The largest absolute Gasteiger partial charge is 0.267 e. The van der Waals surface area contributed by atoms with Crippen molar-refractivity contribution >= 4 is 31.6 Å². The zero-order valence-corrected chi connectivity index (χ0v) is 13.6. The Balaban J connectivity index is 2.50.